The summed E-state index contributed by atoms with van der Waals surface area (Å²) in [5.74, 6) is -0.629. The number of amides is 1. The number of aliphatic hydroxyl groups is 1. The van der Waals surface area contributed by atoms with Gasteiger partial charge in [-0.2, -0.15) is 0 Å². The molecule has 176 valence electrons. The average Bonchev–Trinajstić information content (AvgIpc) is 3.09. The largest absolute Gasteiger partial charge is 0.573 e. The molecule has 0 aliphatic heterocycles. The molecule has 1 aliphatic carbocycles. The lowest BCUT2D eigenvalue weighted by molar-refractivity contribution is -0.274. The van der Waals surface area contributed by atoms with Crippen molar-refractivity contribution in [3.8, 4) is 5.75 Å². The van der Waals surface area contributed by atoms with Crippen LogP contribution in [0.4, 0.5) is 18.9 Å². The number of nitrogens with zero attached hydrogens (tertiary/aromatic N) is 1. The molecule has 0 spiro atoms. The van der Waals surface area contributed by atoms with Crippen LogP contribution in [-0.2, 0) is 6.54 Å². The van der Waals surface area contributed by atoms with Gasteiger partial charge in [0.05, 0.1) is 6.10 Å². The Bertz CT molecular complexity index is 1140. The molecule has 9 heteroatoms. The molecule has 1 aromatic heterocycles. The molecule has 1 saturated carbocycles. The van der Waals surface area contributed by atoms with Crippen molar-refractivity contribution in [1.82, 2.24) is 9.88 Å². The molecule has 3 aromatic rings. The molecule has 0 saturated heterocycles. The quantitative estimate of drug-likeness (QED) is 0.473. The van der Waals surface area contributed by atoms with E-state index in [1.165, 1.54) is 18.2 Å². The second-order valence-corrected chi connectivity index (χ2v) is 8.45. The number of carbonyl (C=O) groups is 1. The molecule has 1 heterocycles. The molecule has 1 fully saturated rings. The van der Waals surface area contributed by atoms with E-state index in [-0.39, 0.29) is 24.1 Å². The van der Waals surface area contributed by atoms with Gasteiger partial charge in [-0.05, 0) is 54.8 Å². The van der Waals surface area contributed by atoms with E-state index in [0.717, 1.165) is 36.6 Å². The fourth-order valence-electron chi connectivity index (χ4n) is 4.41. The number of halogens is 3. The van der Waals surface area contributed by atoms with Gasteiger partial charge in [0.15, 0.2) is 0 Å². The third-order valence-electron chi connectivity index (χ3n) is 6.02. The maximum Gasteiger partial charge on any atom is 0.573 e. The van der Waals surface area contributed by atoms with Gasteiger partial charge >= 0.3 is 6.36 Å². The summed E-state index contributed by atoms with van der Waals surface area (Å²) in [4.78, 5) is 13.1. The number of anilines is 1. The van der Waals surface area contributed by atoms with Crippen molar-refractivity contribution in [2.45, 2.75) is 44.7 Å². The Labute approximate surface area is 189 Å². The standard InChI is InChI=1S/C24H26F3N3O3/c25-24(26,27)33-19-6-3-4-15(10-19)14-30-20-9-8-18(28)11-17(20)12-21(30)23(32)29-13-16-5-1-2-7-22(16)31/h3-4,6,8-12,16,22,31H,1-2,5,7,13-14,28H2,(H,29,32)/t16-,22+/m1/s1. The monoisotopic (exact) mass is 461 g/mol. The van der Waals surface area contributed by atoms with E-state index < -0.39 is 12.5 Å². The normalized spacial score (nSPS) is 18.9. The molecule has 33 heavy (non-hydrogen) atoms. The van der Waals surface area contributed by atoms with E-state index in [1.54, 1.807) is 34.9 Å². The van der Waals surface area contributed by atoms with Crippen molar-refractivity contribution in [1.29, 1.82) is 0 Å². The first-order chi connectivity index (χ1) is 15.7. The predicted molar refractivity (Wildman–Crippen MR) is 119 cm³/mol. The van der Waals surface area contributed by atoms with Crippen LogP contribution in [0.3, 0.4) is 0 Å². The second-order valence-electron chi connectivity index (χ2n) is 8.45. The van der Waals surface area contributed by atoms with E-state index in [0.29, 0.717) is 23.5 Å². The summed E-state index contributed by atoms with van der Waals surface area (Å²) >= 11 is 0. The number of aromatic nitrogens is 1. The first-order valence-electron chi connectivity index (χ1n) is 10.9. The number of nitrogens with two attached hydrogens (primary N) is 1. The Hall–Kier alpha value is -3.20. The van der Waals surface area contributed by atoms with E-state index in [1.807, 2.05) is 0 Å². The lowest BCUT2D eigenvalue weighted by atomic mass is 9.86. The summed E-state index contributed by atoms with van der Waals surface area (Å²) in [6, 6.07) is 12.6. The number of benzene rings is 2. The summed E-state index contributed by atoms with van der Waals surface area (Å²) in [5.41, 5.74) is 8.08. The molecule has 2 aromatic carbocycles. The molecule has 2 atom stereocenters. The third kappa shape index (κ3) is 5.60. The number of alkyl halides is 3. The van der Waals surface area contributed by atoms with Gasteiger partial charge in [0.2, 0.25) is 0 Å². The Morgan fingerprint density at radius 1 is 1.15 bits per heavy atom. The maximum absolute atomic E-state index is 13.1. The molecule has 0 unspecified atom stereocenters. The molecule has 6 nitrogen and oxygen atoms in total. The van der Waals surface area contributed by atoms with Gasteiger partial charge in [-0.3, -0.25) is 4.79 Å². The van der Waals surface area contributed by atoms with E-state index >= 15 is 0 Å². The van der Waals surface area contributed by atoms with Gasteiger partial charge in [0.1, 0.15) is 11.4 Å². The molecule has 0 bridgehead atoms. The van der Waals surface area contributed by atoms with Crippen molar-refractivity contribution in [2.24, 2.45) is 5.92 Å². The Balaban J connectivity index is 1.61. The maximum atomic E-state index is 13.1. The van der Waals surface area contributed by atoms with Crippen molar-refractivity contribution in [3.63, 3.8) is 0 Å². The number of fused-ring (bicyclic) bond motifs is 1. The van der Waals surface area contributed by atoms with Gasteiger partial charge in [-0.15, -0.1) is 13.2 Å². The van der Waals surface area contributed by atoms with Crippen molar-refractivity contribution in [2.75, 3.05) is 12.3 Å². The van der Waals surface area contributed by atoms with Crippen LogP contribution >= 0.6 is 0 Å². The Morgan fingerprint density at radius 2 is 1.94 bits per heavy atom. The minimum absolute atomic E-state index is 0.00683. The fourth-order valence-corrected chi connectivity index (χ4v) is 4.41. The minimum atomic E-state index is -4.79. The van der Waals surface area contributed by atoms with Gasteiger partial charge in [0.25, 0.3) is 5.91 Å². The zero-order valence-corrected chi connectivity index (χ0v) is 17.9. The molecule has 1 amide bonds. The highest BCUT2D eigenvalue weighted by molar-refractivity contribution is 5.99. The highest BCUT2D eigenvalue weighted by atomic mass is 19.4. The summed E-state index contributed by atoms with van der Waals surface area (Å²) in [6.07, 6.45) is -1.62. The van der Waals surface area contributed by atoms with Crippen LogP contribution < -0.4 is 15.8 Å². The molecule has 1 aliphatic rings. The van der Waals surface area contributed by atoms with Crippen LogP contribution in [0.1, 0.15) is 41.7 Å². The lowest BCUT2D eigenvalue weighted by Gasteiger charge is -2.27. The molecular formula is C24H26F3N3O3. The first kappa shape index (κ1) is 23.0. The minimum Gasteiger partial charge on any atom is -0.406 e. The average molecular weight is 461 g/mol. The number of carbonyl (C=O) groups excluding carboxylic acids is 1. The van der Waals surface area contributed by atoms with E-state index in [4.69, 9.17) is 5.73 Å². The van der Waals surface area contributed by atoms with Crippen LogP contribution in [0.5, 0.6) is 5.75 Å². The number of aliphatic hydroxyl groups excluding tert-OH is 1. The Kier molecular flexibility index (Phi) is 6.51. The van der Waals surface area contributed by atoms with E-state index in [9.17, 15) is 23.1 Å². The molecule has 4 N–H and O–H groups in total. The predicted octanol–water partition coefficient (Wildman–Crippen LogP) is 4.45. The number of rotatable bonds is 6. The van der Waals surface area contributed by atoms with Gasteiger partial charge < -0.3 is 25.5 Å². The smallest absolute Gasteiger partial charge is 0.406 e. The third-order valence-corrected chi connectivity index (χ3v) is 6.02. The van der Waals surface area contributed by atoms with Crippen molar-refractivity contribution < 1.29 is 27.8 Å². The van der Waals surface area contributed by atoms with Gasteiger partial charge in [-0.25, -0.2) is 0 Å². The van der Waals surface area contributed by atoms with E-state index in [2.05, 4.69) is 10.1 Å². The highest BCUT2D eigenvalue weighted by Gasteiger charge is 2.31. The molecule has 4 rings (SSSR count). The number of nitrogen functional groups attached to an aromatic ring is 1. The molecule has 0 radical (unpaired) electrons. The van der Waals surface area contributed by atoms with Crippen LogP contribution in [0.15, 0.2) is 48.5 Å². The summed E-state index contributed by atoms with van der Waals surface area (Å²) in [5, 5.41) is 13.9. The SMILES string of the molecule is Nc1ccc2c(c1)cc(C(=O)NC[C@H]1CCCC[C@@H]1O)n2Cc1cccc(OC(F)(F)F)c1. The summed E-state index contributed by atoms with van der Waals surface area (Å²) in [6.45, 7) is 0.524. The highest BCUT2D eigenvalue weighted by Crippen LogP contribution is 2.27. The fraction of sp³-hybridized carbons (Fsp3) is 0.375. The van der Waals surface area contributed by atoms with Crippen LogP contribution in [0.2, 0.25) is 0 Å². The Morgan fingerprint density at radius 3 is 2.70 bits per heavy atom. The van der Waals surface area contributed by atoms with Gasteiger partial charge in [0, 0.05) is 35.6 Å². The van der Waals surface area contributed by atoms with Crippen LogP contribution in [0.25, 0.3) is 10.9 Å². The van der Waals surface area contributed by atoms with Crippen LogP contribution in [0, 0.1) is 5.92 Å². The summed E-state index contributed by atoms with van der Waals surface area (Å²) < 4.78 is 43.6. The topological polar surface area (TPSA) is 89.5 Å². The number of nitrogens with one attached hydrogen (secondary N) is 1. The zero-order chi connectivity index (χ0) is 23.6. The van der Waals surface area contributed by atoms with Crippen LogP contribution in [-0.4, -0.2) is 34.6 Å². The van der Waals surface area contributed by atoms with Crippen molar-refractivity contribution in [3.05, 3.63) is 59.8 Å². The zero-order valence-electron chi connectivity index (χ0n) is 17.9. The van der Waals surface area contributed by atoms with Gasteiger partial charge in [-0.1, -0.05) is 25.0 Å². The number of ether oxygens (including phenoxy) is 1. The van der Waals surface area contributed by atoms with Crippen molar-refractivity contribution >= 4 is 22.5 Å². The first-order valence-corrected chi connectivity index (χ1v) is 10.9. The number of hydrogen-bond donors (Lipinski definition) is 3. The second kappa shape index (κ2) is 9.35. The number of hydrogen-bond acceptors (Lipinski definition) is 4. The molecular weight excluding hydrogens is 435 g/mol. The lowest BCUT2D eigenvalue weighted by Crippen LogP contribution is -2.37. The summed E-state index contributed by atoms with van der Waals surface area (Å²) in [7, 11) is 0.